The van der Waals surface area contributed by atoms with Gasteiger partial charge in [0.15, 0.2) is 0 Å². The van der Waals surface area contributed by atoms with Crippen molar-refractivity contribution < 1.29 is 5.11 Å². The predicted molar refractivity (Wildman–Crippen MR) is 78.0 cm³/mol. The fraction of sp³-hybridized carbons (Fsp3) is 0.125. The van der Waals surface area contributed by atoms with Gasteiger partial charge in [-0.05, 0) is 24.6 Å². The van der Waals surface area contributed by atoms with E-state index in [-0.39, 0.29) is 5.25 Å². The van der Waals surface area contributed by atoms with Crippen molar-refractivity contribution in [3.05, 3.63) is 72.8 Å². The minimum atomic E-state index is 0.200. The topological polar surface area (TPSA) is 20.2 Å². The first-order valence-corrected chi connectivity index (χ1v) is 6.79. The van der Waals surface area contributed by atoms with E-state index in [1.165, 1.54) is 4.90 Å². The zero-order valence-electron chi connectivity index (χ0n) is 10.1. The van der Waals surface area contributed by atoms with E-state index < -0.39 is 0 Å². The Kier molecular flexibility index (Phi) is 4.48. The molecule has 0 saturated carbocycles. The highest BCUT2D eigenvalue weighted by molar-refractivity contribution is 7.99. The van der Waals surface area contributed by atoms with Crippen molar-refractivity contribution in [2.24, 2.45) is 0 Å². The summed E-state index contributed by atoms with van der Waals surface area (Å²) in [5.41, 5.74) is 0.964. The van der Waals surface area contributed by atoms with E-state index in [0.717, 1.165) is 12.0 Å². The van der Waals surface area contributed by atoms with Crippen molar-refractivity contribution in [1.82, 2.24) is 0 Å². The van der Waals surface area contributed by atoms with Gasteiger partial charge in [-0.25, -0.2) is 0 Å². The molecular formula is C16H16OS. The van der Waals surface area contributed by atoms with Crippen molar-refractivity contribution in [2.45, 2.75) is 16.6 Å². The number of rotatable bonds is 5. The van der Waals surface area contributed by atoms with Crippen LogP contribution in [0, 0.1) is 0 Å². The molecule has 2 aromatic rings. The van der Waals surface area contributed by atoms with Gasteiger partial charge in [0.1, 0.15) is 5.75 Å². The van der Waals surface area contributed by atoms with Crippen molar-refractivity contribution >= 4 is 11.8 Å². The van der Waals surface area contributed by atoms with Crippen LogP contribution in [0.5, 0.6) is 5.75 Å². The molecule has 1 N–H and O–H groups in total. The van der Waals surface area contributed by atoms with E-state index in [0.29, 0.717) is 5.75 Å². The third kappa shape index (κ3) is 3.17. The van der Waals surface area contributed by atoms with Crippen LogP contribution in [0.15, 0.2) is 72.1 Å². The second kappa shape index (κ2) is 6.31. The Labute approximate surface area is 112 Å². The number of phenolic OH excluding ortho intramolecular Hbond substituents is 1. The van der Waals surface area contributed by atoms with E-state index in [1.807, 2.05) is 42.5 Å². The Morgan fingerprint density at radius 3 is 2.39 bits per heavy atom. The van der Waals surface area contributed by atoms with Crippen LogP contribution in [0.25, 0.3) is 0 Å². The smallest absolute Gasteiger partial charge is 0.119 e. The molecule has 0 fully saturated rings. The Morgan fingerprint density at radius 1 is 1.06 bits per heavy atom. The molecular weight excluding hydrogens is 240 g/mol. The molecule has 1 unspecified atom stereocenters. The van der Waals surface area contributed by atoms with Gasteiger partial charge in [0, 0.05) is 15.7 Å². The molecule has 2 rings (SSSR count). The molecule has 0 radical (unpaired) electrons. The maximum atomic E-state index is 9.94. The van der Waals surface area contributed by atoms with E-state index in [4.69, 9.17) is 0 Å². The van der Waals surface area contributed by atoms with Gasteiger partial charge in [-0.2, -0.15) is 0 Å². The third-order valence-corrected chi connectivity index (χ3v) is 3.96. The summed E-state index contributed by atoms with van der Waals surface area (Å²) >= 11 is 1.75. The van der Waals surface area contributed by atoms with Crippen molar-refractivity contribution in [3.8, 4) is 5.75 Å². The molecule has 0 aliphatic heterocycles. The van der Waals surface area contributed by atoms with Crippen LogP contribution in [0.3, 0.4) is 0 Å². The Hall–Kier alpha value is -1.67. The molecule has 2 heteroatoms. The summed E-state index contributed by atoms with van der Waals surface area (Å²) in [4.78, 5) is 1.20. The number of hydrogen-bond acceptors (Lipinski definition) is 2. The van der Waals surface area contributed by atoms with Crippen LogP contribution in [0.1, 0.15) is 17.2 Å². The normalized spacial score (nSPS) is 12.0. The van der Waals surface area contributed by atoms with Gasteiger partial charge >= 0.3 is 0 Å². The molecule has 0 amide bonds. The van der Waals surface area contributed by atoms with Crippen LogP contribution in [0.4, 0.5) is 0 Å². The predicted octanol–water partition coefficient (Wildman–Crippen LogP) is 4.80. The lowest BCUT2D eigenvalue weighted by Crippen LogP contribution is -1.93. The molecule has 92 valence electrons. The quantitative estimate of drug-likeness (QED) is 0.612. The van der Waals surface area contributed by atoms with Gasteiger partial charge in [0.25, 0.3) is 0 Å². The maximum Gasteiger partial charge on any atom is 0.119 e. The van der Waals surface area contributed by atoms with Gasteiger partial charge < -0.3 is 5.11 Å². The largest absolute Gasteiger partial charge is 0.508 e. The molecule has 0 spiro atoms. The number of allylic oxidation sites excluding steroid dienone is 1. The zero-order chi connectivity index (χ0) is 12.8. The van der Waals surface area contributed by atoms with Crippen molar-refractivity contribution in [2.75, 3.05) is 0 Å². The van der Waals surface area contributed by atoms with Crippen molar-refractivity contribution in [1.29, 1.82) is 0 Å². The van der Waals surface area contributed by atoms with Crippen LogP contribution >= 0.6 is 11.8 Å². The zero-order valence-corrected chi connectivity index (χ0v) is 10.9. The summed E-state index contributed by atoms with van der Waals surface area (Å²) in [5.74, 6) is 0.354. The van der Waals surface area contributed by atoms with E-state index in [9.17, 15) is 5.11 Å². The maximum absolute atomic E-state index is 9.94. The minimum absolute atomic E-state index is 0.200. The number of phenols is 1. The standard InChI is InChI=1S/C16H16OS/c1-2-8-16(14-11-6-7-12-15(14)17)18-13-9-4-3-5-10-13/h2-7,9-12,16-17H,1,8H2. The number of para-hydroxylation sites is 1. The average molecular weight is 256 g/mol. The monoisotopic (exact) mass is 256 g/mol. The molecule has 2 aromatic carbocycles. The first-order chi connectivity index (χ1) is 8.81. The fourth-order valence-corrected chi connectivity index (χ4v) is 3.01. The van der Waals surface area contributed by atoms with E-state index in [2.05, 4.69) is 18.7 Å². The number of benzene rings is 2. The summed E-state index contributed by atoms with van der Waals surface area (Å²) in [7, 11) is 0. The molecule has 18 heavy (non-hydrogen) atoms. The second-order valence-electron chi connectivity index (χ2n) is 4.00. The Morgan fingerprint density at radius 2 is 1.72 bits per heavy atom. The number of aromatic hydroxyl groups is 1. The first-order valence-electron chi connectivity index (χ1n) is 5.91. The van der Waals surface area contributed by atoms with E-state index in [1.54, 1.807) is 17.8 Å². The molecule has 1 nitrogen and oxygen atoms in total. The summed E-state index contributed by atoms with van der Waals surface area (Å²) in [6.07, 6.45) is 2.73. The fourth-order valence-electron chi connectivity index (χ4n) is 1.81. The molecule has 0 aliphatic rings. The lowest BCUT2D eigenvalue weighted by molar-refractivity contribution is 0.467. The molecule has 0 heterocycles. The van der Waals surface area contributed by atoms with Gasteiger partial charge in [0.2, 0.25) is 0 Å². The minimum Gasteiger partial charge on any atom is -0.508 e. The van der Waals surface area contributed by atoms with Gasteiger partial charge in [-0.1, -0.05) is 42.5 Å². The van der Waals surface area contributed by atoms with Crippen molar-refractivity contribution in [3.63, 3.8) is 0 Å². The highest BCUT2D eigenvalue weighted by atomic mass is 32.2. The molecule has 0 saturated heterocycles. The van der Waals surface area contributed by atoms with Gasteiger partial charge in [0.05, 0.1) is 0 Å². The lowest BCUT2D eigenvalue weighted by atomic mass is 10.1. The summed E-state index contributed by atoms with van der Waals surface area (Å²) in [6.45, 7) is 3.80. The summed E-state index contributed by atoms with van der Waals surface area (Å²) < 4.78 is 0. The highest BCUT2D eigenvalue weighted by Gasteiger charge is 2.14. The van der Waals surface area contributed by atoms with Crippen LogP contribution in [0.2, 0.25) is 0 Å². The molecule has 0 aromatic heterocycles. The Bertz CT molecular complexity index is 508. The molecule has 0 aliphatic carbocycles. The second-order valence-corrected chi connectivity index (χ2v) is 5.28. The number of thioether (sulfide) groups is 1. The van der Waals surface area contributed by atoms with Crippen LogP contribution in [-0.4, -0.2) is 5.11 Å². The highest BCUT2D eigenvalue weighted by Crippen LogP contribution is 2.41. The lowest BCUT2D eigenvalue weighted by Gasteiger charge is -2.16. The van der Waals surface area contributed by atoms with E-state index >= 15 is 0 Å². The first kappa shape index (κ1) is 12.8. The summed E-state index contributed by atoms with van der Waals surface area (Å²) in [6, 6.07) is 17.7. The van der Waals surface area contributed by atoms with Crippen LogP contribution < -0.4 is 0 Å². The van der Waals surface area contributed by atoms with Crippen LogP contribution in [-0.2, 0) is 0 Å². The molecule has 1 atom stereocenters. The van der Waals surface area contributed by atoms with Gasteiger partial charge in [-0.3, -0.25) is 0 Å². The summed E-state index contributed by atoms with van der Waals surface area (Å²) in [5, 5.41) is 10.1. The SMILES string of the molecule is C=CCC(Sc1ccccc1)c1ccccc1O. The Balaban J connectivity index is 2.24. The molecule has 0 bridgehead atoms. The van der Waals surface area contributed by atoms with Gasteiger partial charge in [-0.15, -0.1) is 18.3 Å². The number of hydrogen-bond donors (Lipinski definition) is 1. The average Bonchev–Trinajstić information content (AvgIpc) is 2.40. The third-order valence-electron chi connectivity index (χ3n) is 2.69.